The number of halogens is 5. The molecule has 2 aliphatic heterocycles. The van der Waals surface area contributed by atoms with Gasteiger partial charge in [-0.25, -0.2) is 19.3 Å². The predicted molar refractivity (Wildman–Crippen MR) is 125 cm³/mol. The maximum absolute atomic E-state index is 15.2. The van der Waals surface area contributed by atoms with Crippen molar-refractivity contribution in [2.24, 2.45) is 0 Å². The molecule has 4 heterocycles. The highest BCUT2D eigenvalue weighted by Gasteiger charge is 2.42. The van der Waals surface area contributed by atoms with Crippen LogP contribution in [-0.4, -0.2) is 46.2 Å². The van der Waals surface area contributed by atoms with Crippen LogP contribution in [0.4, 0.5) is 29.1 Å². The van der Waals surface area contributed by atoms with E-state index in [2.05, 4.69) is 32.1 Å². The van der Waals surface area contributed by atoms with Crippen LogP contribution in [0, 0.1) is 12.7 Å². The molecule has 7 nitrogen and oxygen atoms in total. The monoisotopic (exact) mass is 510 g/mol. The second-order valence-electron chi connectivity index (χ2n) is 8.82. The van der Waals surface area contributed by atoms with Gasteiger partial charge in [-0.2, -0.15) is 13.2 Å². The highest BCUT2D eigenvalue weighted by molar-refractivity contribution is 6.38. The van der Waals surface area contributed by atoms with E-state index in [0.29, 0.717) is 24.3 Å². The Hall–Kier alpha value is -2.92. The lowest BCUT2D eigenvalue weighted by molar-refractivity contribution is -0.137. The maximum atomic E-state index is 15.2. The number of benzene rings is 1. The molecule has 0 radical (unpaired) electrons. The van der Waals surface area contributed by atoms with E-state index in [1.54, 1.807) is 0 Å². The zero-order valence-electron chi connectivity index (χ0n) is 19.2. The van der Waals surface area contributed by atoms with Crippen LogP contribution in [0.1, 0.15) is 31.4 Å². The average molecular weight is 511 g/mol. The number of rotatable bonds is 2. The number of ether oxygens (including phenoxy) is 1. The quantitative estimate of drug-likeness (QED) is 0.380. The Morgan fingerprint density at radius 2 is 2.06 bits per heavy atom. The third-order valence-electron chi connectivity index (χ3n) is 6.70. The van der Waals surface area contributed by atoms with E-state index in [0.717, 1.165) is 12.5 Å². The van der Waals surface area contributed by atoms with Gasteiger partial charge in [0.15, 0.2) is 5.82 Å². The van der Waals surface area contributed by atoms with Gasteiger partial charge in [0.25, 0.3) is 0 Å². The van der Waals surface area contributed by atoms with Gasteiger partial charge in [-0.05, 0) is 31.9 Å². The number of hydrogen-bond donors (Lipinski definition) is 2. The number of nitrogens with one attached hydrogen (secondary N) is 1. The number of pyridine rings is 1. The van der Waals surface area contributed by atoms with Gasteiger partial charge < -0.3 is 20.7 Å². The number of aryl methyl sites for hydroxylation is 1. The Kier molecular flexibility index (Phi) is 5.67. The molecule has 12 heteroatoms. The molecule has 3 N–H and O–H groups in total. The number of nitrogen functional groups attached to an aromatic ring is 1. The first-order chi connectivity index (χ1) is 16.5. The molecule has 0 aliphatic carbocycles. The maximum Gasteiger partial charge on any atom is 0.417 e. The van der Waals surface area contributed by atoms with Crippen molar-refractivity contribution in [3.63, 3.8) is 0 Å². The number of nitrogens with two attached hydrogens (primary N) is 1. The van der Waals surface area contributed by atoms with Gasteiger partial charge in [-0.15, -0.1) is 0 Å². The first kappa shape index (κ1) is 23.8. The van der Waals surface area contributed by atoms with Gasteiger partial charge in [0.1, 0.15) is 29.2 Å². The number of fused-ring (bicyclic) bond motifs is 2. The van der Waals surface area contributed by atoms with Gasteiger partial charge in [-0.3, -0.25) is 0 Å². The Labute approximate surface area is 203 Å². The van der Waals surface area contributed by atoms with Crippen LogP contribution >= 0.6 is 11.6 Å². The average Bonchev–Trinajstić information content (AvgIpc) is 2.92. The number of aromatic nitrogens is 3. The zero-order valence-corrected chi connectivity index (χ0v) is 19.9. The van der Waals surface area contributed by atoms with Crippen molar-refractivity contribution >= 4 is 34.0 Å². The fraction of sp³-hybridized carbons (Fsp3) is 0.435. The zero-order chi connectivity index (χ0) is 25.2. The van der Waals surface area contributed by atoms with Crippen LogP contribution in [-0.2, 0) is 6.18 Å². The third kappa shape index (κ3) is 3.63. The normalized spacial score (nSPS) is 22.1. The number of alkyl halides is 3. The molecule has 35 heavy (non-hydrogen) atoms. The molecule has 1 saturated heterocycles. The summed E-state index contributed by atoms with van der Waals surface area (Å²) in [6, 6.07) is 0.902. The molecule has 186 valence electrons. The van der Waals surface area contributed by atoms with Crippen LogP contribution in [0.3, 0.4) is 0 Å². The summed E-state index contributed by atoms with van der Waals surface area (Å²) in [7, 11) is 0. The largest absolute Gasteiger partial charge is 0.472 e. The minimum atomic E-state index is -4.88. The Morgan fingerprint density at radius 3 is 2.74 bits per heavy atom. The second kappa shape index (κ2) is 8.34. The van der Waals surface area contributed by atoms with Crippen LogP contribution < -0.4 is 20.7 Å². The number of nitrogens with zero attached hydrogens (tertiary/aromatic N) is 4. The number of hydrogen-bond acceptors (Lipinski definition) is 7. The molecule has 0 unspecified atom stereocenters. The molecule has 5 rings (SSSR count). The number of anilines is 2. The standard InChI is InChI=1S/C23H23ClF4N6O/c1-4-12-20-10(3)35-22-14-18(31-8-32-21(14)34(20)6-5-30-12)16(24)19(33-22)13-15(23(26,27)28)9(2)7-11(29)17(13)25/h7-8,10,12,20,30H,4-6,29H2,1-3H3/t10-,12-,20+/m0/s1. The van der Waals surface area contributed by atoms with E-state index >= 15 is 4.39 Å². The summed E-state index contributed by atoms with van der Waals surface area (Å²) in [5.41, 5.74) is 2.69. The van der Waals surface area contributed by atoms with Gasteiger partial charge in [-0.1, -0.05) is 18.5 Å². The molecule has 3 atom stereocenters. The lowest BCUT2D eigenvalue weighted by Gasteiger charge is -2.43. The Balaban J connectivity index is 1.83. The molecular weight excluding hydrogens is 488 g/mol. The molecule has 2 aliphatic rings. The Bertz CT molecular complexity index is 1330. The van der Waals surface area contributed by atoms with Gasteiger partial charge in [0.2, 0.25) is 5.88 Å². The predicted octanol–water partition coefficient (Wildman–Crippen LogP) is 4.73. The van der Waals surface area contributed by atoms with Crippen LogP contribution in [0.25, 0.3) is 22.2 Å². The molecule has 2 aromatic heterocycles. The SMILES string of the molecule is CC[C@@H]1NCCN2c3ncnc4c(Cl)c(-c5c(F)c(N)cc(C)c5C(F)(F)F)nc(c34)O[C@@H](C)[C@H]12. The molecule has 0 saturated carbocycles. The van der Waals surface area contributed by atoms with Crippen molar-refractivity contribution in [3.05, 3.63) is 34.4 Å². The van der Waals surface area contributed by atoms with Gasteiger partial charge in [0, 0.05) is 19.1 Å². The van der Waals surface area contributed by atoms with E-state index in [9.17, 15) is 13.2 Å². The topological polar surface area (TPSA) is 89.2 Å². The summed E-state index contributed by atoms with van der Waals surface area (Å²) in [6.45, 7) is 6.46. The van der Waals surface area contributed by atoms with E-state index in [-0.39, 0.29) is 34.1 Å². The highest BCUT2D eigenvalue weighted by atomic mass is 35.5. The van der Waals surface area contributed by atoms with E-state index < -0.39 is 40.6 Å². The van der Waals surface area contributed by atoms with Crippen molar-refractivity contribution in [1.82, 2.24) is 20.3 Å². The first-order valence-electron chi connectivity index (χ1n) is 11.2. The van der Waals surface area contributed by atoms with Crippen LogP contribution in [0.5, 0.6) is 5.88 Å². The molecule has 0 amide bonds. The van der Waals surface area contributed by atoms with Crippen molar-refractivity contribution < 1.29 is 22.3 Å². The third-order valence-corrected chi connectivity index (χ3v) is 7.06. The van der Waals surface area contributed by atoms with Gasteiger partial charge in [0.05, 0.1) is 33.6 Å². The smallest absolute Gasteiger partial charge is 0.417 e. The molecule has 1 aromatic carbocycles. The van der Waals surface area contributed by atoms with Crippen molar-refractivity contribution in [1.29, 1.82) is 0 Å². The summed E-state index contributed by atoms with van der Waals surface area (Å²) >= 11 is 6.61. The summed E-state index contributed by atoms with van der Waals surface area (Å²) in [5.74, 6) is -0.729. The lowest BCUT2D eigenvalue weighted by Crippen LogP contribution is -2.62. The van der Waals surface area contributed by atoms with Crippen LogP contribution in [0.15, 0.2) is 12.4 Å². The summed E-state index contributed by atoms with van der Waals surface area (Å²) in [6.07, 6.45) is -3.19. The lowest BCUT2D eigenvalue weighted by atomic mass is 9.96. The summed E-state index contributed by atoms with van der Waals surface area (Å²) < 4.78 is 63.7. The Morgan fingerprint density at radius 1 is 1.31 bits per heavy atom. The second-order valence-corrected chi connectivity index (χ2v) is 9.20. The van der Waals surface area contributed by atoms with Gasteiger partial charge >= 0.3 is 6.18 Å². The first-order valence-corrected chi connectivity index (χ1v) is 11.6. The van der Waals surface area contributed by atoms with Crippen LogP contribution in [0.2, 0.25) is 5.02 Å². The molecule has 0 bridgehead atoms. The van der Waals surface area contributed by atoms with Crippen molar-refractivity contribution in [3.8, 4) is 17.1 Å². The van der Waals surface area contributed by atoms with E-state index in [1.165, 1.54) is 13.3 Å². The fourth-order valence-corrected chi connectivity index (χ4v) is 5.53. The minimum absolute atomic E-state index is 0.000597. The molecular formula is C23H23ClF4N6O. The molecule has 0 spiro atoms. The minimum Gasteiger partial charge on any atom is -0.472 e. The van der Waals surface area contributed by atoms with Crippen molar-refractivity contribution in [2.75, 3.05) is 23.7 Å². The summed E-state index contributed by atoms with van der Waals surface area (Å²) in [5, 5.41) is 3.62. The highest BCUT2D eigenvalue weighted by Crippen LogP contribution is 2.48. The van der Waals surface area contributed by atoms with Crippen molar-refractivity contribution in [2.45, 2.75) is 51.6 Å². The fourth-order valence-electron chi connectivity index (χ4n) is 5.25. The summed E-state index contributed by atoms with van der Waals surface area (Å²) in [4.78, 5) is 15.2. The van der Waals surface area contributed by atoms with E-state index in [4.69, 9.17) is 22.1 Å². The van der Waals surface area contributed by atoms with E-state index in [1.807, 2.05) is 6.92 Å². The number of piperazine rings is 1. The molecule has 3 aromatic rings. The molecule has 1 fully saturated rings.